The summed E-state index contributed by atoms with van der Waals surface area (Å²) in [4.78, 5) is 4.74. The third-order valence-electron chi connectivity index (χ3n) is 13.1. The maximum absolute atomic E-state index is 7.03. The molecule has 0 N–H and O–H groups in total. The van der Waals surface area contributed by atoms with Crippen LogP contribution < -0.4 is 9.80 Å². The average molecular weight is 825 g/mol. The number of hydrogen-bond donors (Lipinski definition) is 0. The number of rotatable bonds is 7. The predicted octanol–water partition coefficient (Wildman–Crippen LogP) is 17.6. The summed E-state index contributed by atoms with van der Waals surface area (Å²) in [6, 6.07) is 69.8. The molecule has 0 aliphatic carbocycles. The van der Waals surface area contributed by atoms with Crippen LogP contribution in [0.5, 0.6) is 0 Å². The molecule has 0 bridgehead atoms. The first kappa shape index (κ1) is 37.7. The molecule has 64 heavy (non-hydrogen) atoms. The smallest absolute Gasteiger partial charge is 0.179 e. The van der Waals surface area contributed by atoms with E-state index in [4.69, 9.17) is 8.83 Å². The second-order valence-corrected chi connectivity index (χ2v) is 17.2. The van der Waals surface area contributed by atoms with Crippen LogP contribution in [-0.4, -0.2) is 0 Å². The molecule has 0 spiro atoms. The summed E-state index contributed by atoms with van der Waals surface area (Å²) in [7, 11) is 0. The van der Waals surface area contributed by atoms with Crippen LogP contribution in [0.25, 0.3) is 76.5 Å². The van der Waals surface area contributed by atoms with Crippen LogP contribution in [0.3, 0.4) is 0 Å². The lowest BCUT2D eigenvalue weighted by atomic mass is 9.95. The van der Waals surface area contributed by atoms with Crippen LogP contribution in [0.1, 0.15) is 22.3 Å². The minimum absolute atomic E-state index is 0.757. The lowest BCUT2D eigenvalue weighted by Crippen LogP contribution is -2.12. The molecule has 0 aliphatic rings. The van der Waals surface area contributed by atoms with Gasteiger partial charge in [0.15, 0.2) is 11.2 Å². The SMILES string of the molecule is Cc1ccccc1N(c1ccc2cc3c(cc2c1)oc1c3cc(-c2ccccc2)c2c3cc4ccc(N(c5ccccc5C)c5ccccc5C)cc4cc3oc12)c1ccccc1C. The van der Waals surface area contributed by atoms with Crippen molar-refractivity contribution < 1.29 is 8.83 Å². The molecule has 0 fully saturated rings. The minimum atomic E-state index is 0.757. The summed E-state index contributed by atoms with van der Waals surface area (Å²) in [5, 5.41) is 8.71. The number of hydrogen-bond acceptors (Lipinski definition) is 4. The normalized spacial score (nSPS) is 11.8. The van der Waals surface area contributed by atoms with Crippen molar-refractivity contribution in [2.45, 2.75) is 27.7 Å². The van der Waals surface area contributed by atoms with Gasteiger partial charge >= 0.3 is 0 Å². The monoisotopic (exact) mass is 824 g/mol. The lowest BCUT2D eigenvalue weighted by molar-refractivity contribution is 0.634. The summed E-state index contributed by atoms with van der Waals surface area (Å²) in [6.45, 7) is 8.70. The quantitative estimate of drug-likeness (QED) is 0.160. The predicted molar refractivity (Wildman–Crippen MR) is 270 cm³/mol. The maximum Gasteiger partial charge on any atom is 0.179 e. The molecule has 2 heterocycles. The third kappa shape index (κ3) is 6.06. The van der Waals surface area contributed by atoms with Gasteiger partial charge in [0, 0.05) is 55.7 Å². The number of aryl methyl sites for hydroxylation is 4. The fraction of sp³-hybridized carbons (Fsp3) is 0.0667. The van der Waals surface area contributed by atoms with Crippen LogP contribution in [0, 0.1) is 27.7 Å². The van der Waals surface area contributed by atoms with E-state index >= 15 is 0 Å². The topological polar surface area (TPSA) is 32.8 Å². The highest BCUT2D eigenvalue weighted by Gasteiger charge is 2.23. The molecule has 0 aliphatic heterocycles. The molecule has 0 atom stereocenters. The molecule has 0 saturated heterocycles. The zero-order valence-electron chi connectivity index (χ0n) is 36.2. The van der Waals surface area contributed by atoms with Crippen LogP contribution in [0.2, 0.25) is 0 Å². The molecule has 0 amide bonds. The van der Waals surface area contributed by atoms with E-state index in [-0.39, 0.29) is 0 Å². The summed E-state index contributed by atoms with van der Waals surface area (Å²) in [6.07, 6.45) is 0. The van der Waals surface area contributed by atoms with Gasteiger partial charge in [-0.25, -0.2) is 0 Å². The number of furan rings is 2. The Labute approximate surface area is 371 Å². The van der Waals surface area contributed by atoms with Gasteiger partial charge in [0.05, 0.1) is 0 Å². The summed E-state index contributed by atoms with van der Waals surface area (Å²) in [5.74, 6) is 0. The van der Waals surface area contributed by atoms with E-state index in [1.807, 2.05) is 0 Å². The zero-order valence-corrected chi connectivity index (χ0v) is 36.2. The van der Waals surface area contributed by atoms with Gasteiger partial charge in [-0.3, -0.25) is 0 Å². The Bertz CT molecular complexity index is 3710. The van der Waals surface area contributed by atoms with E-state index in [0.717, 1.165) is 111 Å². The van der Waals surface area contributed by atoms with E-state index in [1.165, 1.54) is 22.3 Å². The van der Waals surface area contributed by atoms with Crippen molar-refractivity contribution in [3.05, 3.63) is 216 Å². The van der Waals surface area contributed by atoms with Crippen molar-refractivity contribution in [1.82, 2.24) is 0 Å². The van der Waals surface area contributed by atoms with Crippen molar-refractivity contribution >= 4 is 99.5 Å². The Morgan fingerprint density at radius 3 is 1.23 bits per heavy atom. The first-order valence-electron chi connectivity index (χ1n) is 22.0. The molecule has 4 heteroatoms. The fourth-order valence-electron chi connectivity index (χ4n) is 9.83. The van der Waals surface area contributed by atoms with E-state index < -0.39 is 0 Å². The Balaban J connectivity index is 1.06. The first-order chi connectivity index (χ1) is 31.4. The van der Waals surface area contributed by atoms with Crippen LogP contribution >= 0.6 is 0 Å². The molecule has 10 aromatic carbocycles. The molecule has 0 unspecified atom stereocenters. The Morgan fingerprint density at radius 1 is 0.328 bits per heavy atom. The van der Waals surface area contributed by atoms with Crippen molar-refractivity contribution in [2.75, 3.05) is 9.80 Å². The van der Waals surface area contributed by atoms with Gasteiger partial charge in [0.2, 0.25) is 0 Å². The van der Waals surface area contributed by atoms with Crippen LogP contribution in [0.15, 0.2) is 203 Å². The van der Waals surface area contributed by atoms with E-state index in [1.54, 1.807) is 0 Å². The second-order valence-electron chi connectivity index (χ2n) is 17.2. The molecule has 4 nitrogen and oxygen atoms in total. The first-order valence-corrected chi connectivity index (χ1v) is 22.0. The van der Waals surface area contributed by atoms with Gasteiger partial charge < -0.3 is 18.6 Å². The molecular weight excluding hydrogens is 781 g/mol. The number of fused-ring (bicyclic) bond motifs is 9. The van der Waals surface area contributed by atoms with Crippen molar-refractivity contribution in [1.29, 1.82) is 0 Å². The Kier molecular flexibility index (Phi) is 8.70. The summed E-state index contributed by atoms with van der Waals surface area (Å²) < 4.78 is 14.0. The van der Waals surface area contributed by atoms with Gasteiger partial charge in [-0.2, -0.15) is 0 Å². The number of para-hydroxylation sites is 4. The van der Waals surface area contributed by atoms with E-state index in [0.29, 0.717) is 0 Å². The zero-order chi connectivity index (χ0) is 43.1. The summed E-state index contributed by atoms with van der Waals surface area (Å²) in [5.41, 5.74) is 17.1. The molecule has 306 valence electrons. The minimum Gasteiger partial charge on any atom is -0.452 e. The highest BCUT2D eigenvalue weighted by Crippen LogP contribution is 2.47. The van der Waals surface area contributed by atoms with Crippen LogP contribution in [-0.2, 0) is 0 Å². The average Bonchev–Trinajstić information content (AvgIpc) is 3.87. The maximum atomic E-state index is 7.03. The van der Waals surface area contributed by atoms with Crippen molar-refractivity contribution in [2.24, 2.45) is 0 Å². The number of anilines is 6. The third-order valence-corrected chi connectivity index (χ3v) is 13.1. The van der Waals surface area contributed by atoms with Gasteiger partial charge in [0.25, 0.3) is 0 Å². The van der Waals surface area contributed by atoms with Gasteiger partial charge in [-0.1, -0.05) is 115 Å². The molecule has 12 aromatic rings. The van der Waals surface area contributed by atoms with Gasteiger partial charge in [0.1, 0.15) is 11.2 Å². The second kappa shape index (κ2) is 14.8. The van der Waals surface area contributed by atoms with E-state index in [9.17, 15) is 0 Å². The molecule has 12 rings (SSSR count). The van der Waals surface area contributed by atoms with Gasteiger partial charge in [-0.15, -0.1) is 0 Å². The molecular formula is C60H44N2O2. The number of nitrogens with zero attached hydrogens (tertiary/aromatic N) is 2. The van der Waals surface area contributed by atoms with Crippen LogP contribution in [0.4, 0.5) is 34.1 Å². The molecule has 0 saturated carbocycles. The standard InChI is InChI=1S/C60H44N2O2/c1-37-16-8-12-22-52(37)61(53-23-13-9-17-38(53)2)46-28-26-42-32-49-50-36-48(41-20-6-5-7-21-41)58-51-33-43-27-29-47(62(54-24-14-10-18-39(54)3)55-25-15-11-19-40(55)4)31-45(43)35-57(51)64-60(58)59(50)63-56(49)34-44(42)30-46/h5-36H,1-4H3. The molecule has 0 radical (unpaired) electrons. The Morgan fingerprint density at radius 2 is 0.750 bits per heavy atom. The van der Waals surface area contributed by atoms with E-state index in [2.05, 4.69) is 232 Å². The van der Waals surface area contributed by atoms with Gasteiger partial charge in [-0.05, 0) is 161 Å². The van der Waals surface area contributed by atoms with Crippen molar-refractivity contribution in [3.63, 3.8) is 0 Å². The highest BCUT2D eigenvalue weighted by atomic mass is 16.4. The largest absolute Gasteiger partial charge is 0.452 e. The Hall–Kier alpha value is -8.08. The lowest BCUT2D eigenvalue weighted by Gasteiger charge is -2.28. The number of benzene rings is 10. The summed E-state index contributed by atoms with van der Waals surface area (Å²) >= 11 is 0. The van der Waals surface area contributed by atoms with Crippen molar-refractivity contribution in [3.8, 4) is 11.1 Å². The highest BCUT2D eigenvalue weighted by molar-refractivity contribution is 6.26. The fourth-order valence-corrected chi connectivity index (χ4v) is 9.83. The molecule has 2 aromatic heterocycles.